The standard InChI is InChI=1S/C13H16O3S/c1-10(15)17-9-12(8-14)7-11-3-5-13(16-2)6-4-11/h3-6,8,12H,7,9H2,1-2H3. The first-order valence-electron chi connectivity index (χ1n) is 5.37. The molecule has 1 unspecified atom stereocenters. The summed E-state index contributed by atoms with van der Waals surface area (Å²) in [7, 11) is 1.62. The first-order valence-corrected chi connectivity index (χ1v) is 6.36. The minimum atomic E-state index is -0.114. The molecule has 0 bridgehead atoms. The van der Waals surface area contributed by atoms with Crippen LogP contribution in [0.15, 0.2) is 24.3 Å². The Labute approximate surface area is 106 Å². The zero-order valence-corrected chi connectivity index (χ0v) is 10.8. The lowest BCUT2D eigenvalue weighted by molar-refractivity contribution is -0.110. The number of ether oxygens (including phenoxy) is 1. The maximum absolute atomic E-state index is 10.9. The molecule has 0 amide bonds. The van der Waals surface area contributed by atoms with Crippen molar-refractivity contribution in [1.82, 2.24) is 0 Å². The molecule has 4 heteroatoms. The second-order valence-corrected chi connectivity index (χ2v) is 4.95. The number of carbonyl (C=O) groups excluding carboxylic acids is 2. The summed E-state index contributed by atoms with van der Waals surface area (Å²) in [5, 5.41) is 0.0478. The number of hydrogen-bond acceptors (Lipinski definition) is 4. The zero-order valence-electron chi connectivity index (χ0n) is 10.0. The van der Waals surface area contributed by atoms with Crippen molar-refractivity contribution in [3.05, 3.63) is 29.8 Å². The van der Waals surface area contributed by atoms with E-state index in [9.17, 15) is 9.59 Å². The molecule has 1 aromatic carbocycles. The summed E-state index contributed by atoms with van der Waals surface area (Å²) in [6.07, 6.45) is 1.58. The quantitative estimate of drug-likeness (QED) is 0.729. The Hall–Kier alpha value is -1.29. The van der Waals surface area contributed by atoms with Gasteiger partial charge in [-0.2, -0.15) is 0 Å². The lowest BCUT2D eigenvalue weighted by atomic mass is 10.0. The van der Waals surface area contributed by atoms with E-state index in [1.165, 1.54) is 18.7 Å². The molecule has 0 spiro atoms. The fourth-order valence-electron chi connectivity index (χ4n) is 1.44. The van der Waals surface area contributed by atoms with Crippen LogP contribution < -0.4 is 4.74 Å². The predicted octanol–water partition coefficient (Wildman–Crippen LogP) is 2.33. The molecule has 0 heterocycles. The molecule has 0 aliphatic rings. The van der Waals surface area contributed by atoms with Crippen LogP contribution >= 0.6 is 11.8 Å². The van der Waals surface area contributed by atoms with Gasteiger partial charge in [0.15, 0.2) is 5.12 Å². The van der Waals surface area contributed by atoms with E-state index in [4.69, 9.17) is 4.74 Å². The van der Waals surface area contributed by atoms with E-state index in [-0.39, 0.29) is 11.0 Å². The molecule has 1 aromatic rings. The largest absolute Gasteiger partial charge is 0.497 e. The van der Waals surface area contributed by atoms with Crippen molar-refractivity contribution >= 4 is 23.2 Å². The van der Waals surface area contributed by atoms with E-state index < -0.39 is 0 Å². The number of methoxy groups -OCH3 is 1. The molecule has 17 heavy (non-hydrogen) atoms. The van der Waals surface area contributed by atoms with Crippen molar-refractivity contribution in [2.45, 2.75) is 13.3 Å². The van der Waals surface area contributed by atoms with Crippen LogP contribution in [0.4, 0.5) is 0 Å². The van der Waals surface area contributed by atoms with Crippen molar-refractivity contribution in [3.8, 4) is 5.75 Å². The average molecular weight is 252 g/mol. The molecule has 3 nitrogen and oxygen atoms in total. The summed E-state index contributed by atoms with van der Waals surface area (Å²) in [5.74, 6) is 1.23. The Morgan fingerprint density at radius 1 is 1.41 bits per heavy atom. The summed E-state index contributed by atoms with van der Waals surface area (Å²) >= 11 is 1.20. The van der Waals surface area contributed by atoms with Crippen LogP contribution in [0.25, 0.3) is 0 Å². The van der Waals surface area contributed by atoms with Crippen LogP contribution in [0, 0.1) is 5.92 Å². The fourth-order valence-corrected chi connectivity index (χ4v) is 2.08. The van der Waals surface area contributed by atoms with Gasteiger partial charge in [0, 0.05) is 18.6 Å². The molecule has 0 aromatic heterocycles. The molecule has 92 valence electrons. The van der Waals surface area contributed by atoms with Gasteiger partial charge in [0.1, 0.15) is 12.0 Å². The van der Waals surface area contributed by atoms with Gasteiger partial charge in [-0.25, -0.2) is 0 Å². The van der Waals surface area contributed by atoms with Gasteiger partial charge in [0.05, 0.1) is 7.11 Å². The third-order valence-corrected chi connectivity index (χ3v) is 3.35. The Bertz CT molecular complexity index is 373. The highest BCUT2D eigenvalue weighted by Crippen LogP contribution is 2.16. The van der Waals surface area contributed by atoms with E-state index in [1.807, 2.05) is 24.3 Å². The smallest absolute Gasteiger partial charge is 0.185 e. The van der Waals surface area contributed by atoms with Crippen molar-refractivity contribution in [3.63, 3.8) is 0 Å². The number of benzene rings is 1. The molecular formula is C13H16O3S. The molecule has 0 N–H and O–H groups in total. The van der Waals surface area contributed by atoms with Crippen LogP contribution in [0.2, 0.25) is 0 Å². The topological polar surface area (TPSA) is 43.4 Å². The molecular weight excluding hydrogens is 236 g/mol. The fraction of sp³-hybridized carbons (Fsp3) is 0.385. The SMILES string of the molecule is COc1ccc(CC(C=O)CSC(C)=O)cc1. The highest BCUT2D eigenvalue weighted by atomic mass is 32.2. The third kappa shape index (κ3) is 5.04. The van der Waals surface area contributed by atoms with Crippen molar-refractivity contribution in [1.29, 1.82) is 0 Å². The zero-order chi connectivity index (χ0) is 12.7. The summed E-state index contributed by atoms with van der Waals surface area (Å²) in [5.41, 5.74) is 1.08. The second-order valence-electron chi connectivity index (χ2n) is 3.75. The molecule has 0 aliphatic heterocycles. The Kier molecular flexibility index (Phi) is 5.77. The van der Waals surface area contributed by atoms with Crippen LogP contribution in [-0.4, -0.2) is 24.3 Å². The van der Waals surface area contributed by atoms with Crippen LogP contribution in [0.1, 0.15) is 12.5 Å². The van der Waals surface area contributed by atoms with Crippen LogP contribution in [-0.2, 0) is 16.0 Å². The van der Waals surface area contributed by atoms with Crippen molar-refractivity contribution in [2.24, 2.45) is 5.92 Å². The van der Waals surface area contributed by atoms with Gasteiger partial charge in [-0.3, -0.25) is 4.79 Å². The van der Waals surface area contributed by atoms with Gasteiger partial charge in [-0.15, -0.1) is 0 Å². The lowest BCUT2D eigenvalue weighted by Crippen LogP contribution is -2.10. The highest BCUT2D eigenvalue weighted by molar-refractivity contribution is 8.13. The van der Waals surface area contributed by atoms with Gasteiger partial charge >= 0.3 is 0 Å². The van der Waals surface area contributed by atoms with Gasteiger partial charge in [-0.1, -0.05) is 23.9 Å². The molecule has 0 aliphatic carbocycles. The summed E-state index contributed by atoms with van der Waals surface area (Å²) < 4.78 is 5.06. The van der Waals surface area contributed by atoms with Gasteiger partial charge < -0.3 is 9.53 Å². The maximum Gasteiger partial charge on any atom is 0.185 e. The maximum atomic E-state index is 10.9. The summed E-state index contributed by atoms with van der Waals surface area (Å²) in [4.78, 5) is 21.7. The summed E-state index contributed by atoms with van der Waals surface area (Å²) in [6, 6.07) is 7.62. The third-order valence-electron chi connectivity index (χ3n) is 2.35. The Morgan fingerprint density at radius 3 is 2.53 bits per heavy atom. The molecule has 0 saturated carbocycles. The average Bonchev–Trinajstić information content (AvgIpc) is 2.35. The number of rotatable bonds is 6. The van der Waals surface area contributed by atoms with E-state index in [1.54, 1.807) is 7.11 Å². The number of aldehydes is 1. The lowest BCUT2D eigenvalue weighted by Gasteiger charge is -2.09. The first-order chi connectivity index (χ1) is 8.15. The number of carbonyl (C=O) groups is 2. The van der Waals surface area contributed by atoms with E-state index in [0.29, 0.717) is 12.2 Å². The first kappa shape index (κ1) is 13.8. The van der Waals surface area contributed by atoms with Crippen molar-refractivity contribution < 1.29 is 14.3 Å². The molecule has 1 atom stereocenters. The second kappa shape index (κ2) is 7.12. The van der Waals surface area contributed by atoms with Crippen LogP contribution in [0.5, 0.6) is 5.75 Å². The number of thioether (sulfide) groups is 1. The normalized spacial score (nSPS) is 11.9. The van der Waals surface area contributed by atoms with Crippen LogP contribution in [0.3, 0.4) is 0 Å². The van der Waals surface area contributed by atoms with Gasteiger partial charge in [-0.05, 0) is 24.1 Å². The summed E-state index contributed by atoms with van der Waals surface area (Å²) in [6.45, 7) is 1.51. The van der Waals surface area contributed by atoms with Gasteiger partial charge in [0.25, 0.3) is 0 Å². The minimum absolute atomic E-state index is 0.0478. The number of hydrogen-bond donors (Lipinski definition) is 0. The monoisotopic (exact) mass is 252 g/mol. The highest BCUT2D eigenvalue weighted by Gasteiger charge is 2.10. The van der Waals surface area contributed by atoms with E-state index in [2.05, 4.69) is 0 Å². The Morgan fingerprint density at radius 2 is 2.06 bits per heavy atom. The van der Waals surface area contributed by atoms with E-state index >= 15 is 0 Å². The minimum Gasteiger partial charge on any atom is -0.497 e. The molecule has 1 rings (SSSR count). The van der Waals surface area contributed by atoms with E-state index in [0.717, 1.165) is 17.6 Å². The van der Waals surface area contributed by atoms with Gasteiger partial charge in [0.2, 0.25) is 0 Å². The molecule has 0 saturated heterocycles. The molecule has 0 radical (unpaired) electrons. The molecule has 0 fully saturated rings. The van der Waals surface area contributed by atoms with Crippen molar-refractivity contribution in [2.75, 3.05) is 12.9 Å². The predicted molar refractivity (Wildman–Crippen MR) is 69.4 cm³/mol. The Balaban J connectivity index is 2.54.